The van der Waals surface area contributed by atoms with Gasteiger partial charge in [-0.25, -0.2) is 0 Å². The molecule has 2 aromatic heterocycles. The Labute approximate surface area is 179 Å². The van der Waals surface area contributed by atoms with Crippen LogP contribution < -0.4 is 10.1 Å². The molecule has 0 amide bonds. The number of ether oxygens (including phenoxy) is 1. The molecule has 0 aliphatic carbocycles. The lowest BCUT2D eigenvalue weighted by Gasteiger charge is -2.12. The van der Waals surface area contributed by atoms with E-state index in [9.17, 15) is 0 Å². The minimum atomic E-state index is 0.434. The van der Waals surface area contributed by atoms with E-state index in [0.29, 0.717) is 18.9 Å². The van der Waals surface area contributed by atoms with E-state index < -0.39 is 0 Å². The van der Waals surface area contributed by atoms with Crippen LogP contribution in [0.3, 0.4) is 0 Å². The Morgan fingerprint density at radius 1 is 1.03 bits per heavy atom. The Hall–Kier alpha value is -4.13. The van der Waals surface area contributed by atoms with Crippen LogP contribution in [0.5, 0.6) is 5.75 Å². The molecule has 0 radical (unpaired) electrons. The summed E-state index contributed by atoms with van der Waals surface area (Å²) in [6.45, 7) is 0.434. The van der Waals surface area contributed by atoms with Gasteiger partial charge in [0.25, 0.3) is 0 Å². The van der Waals surface area contributed by atoms with Gasteiger partial charge in [-0.3, -0.25) is 0 Å². The van der Waals surface area contributed by atoms with E-state index in [1.54, 1.807) is 6.26 Å². The van der Waals surface area contributed by atoms with Crippen molar-refractivity contribution in [3.05, 3.63) is 89.9 Å². The number of nitrogens with one attached hydrogen (secondary N) is 2. The zero-order valence-corrected chi connectivity index (χ0v) is 17.0. The quantitative estimate of drug-likeness (QED) is 0.399. The van der Waals surface area contributed by atoms with Crippen LogP contribution >= 0.6 is 0 Å². The molecule has 0 aliphatic heterocycles. The number of nitrogens with zero attached hydrogens (tertiary/aromatic N) is 3. The fourth-order valence-corrected chi connectivity index (χ4v) is 3.66. The highest BCUT2D eigenvalue weighted by molar-refractivity contribution is 5.93. The first kappa shape index (κ1) is 18.9. The first-order chi connectivity index (χ1) is 15.3. The molecule has 7 nitrogen and oxygen atoms in total. The molecule has 0 aliphatic rings. The van der Waals surface area contributed by atoms with Gasteiger partial charge in [0.15, 0.2) is 5.82 Å². The lowest BCUT2D eigenvalue weighted by molar-refractivity contribution is 0.303. The standard InChI is InChI=1S/C24H21N5O2/c1-25-20-7-4-6-17(13-20)21-12-16(11-19-9-10-30-24(19)21)15-31-22-8-3-2-5-18(22)14-23-26-28-29-27-23/h2-13,25H,14-15H2,1H3,(H,26,27,28,29). The van der Waals surface area contributed by atoms with E-state index in [2.05, 4.69) is 50.2 Å². The van der Waals surface area contributed by atoms with Crippen molar-refractivity contribution in [1.29, 1.82) is 0 Å². The summed E-state index contributed by atoms with van der Waals surface area (Å²) in [6.07, 6.45) is 2.27. The molecule has 0 atom stereocenters. The second kappa shape index (κ2) is 8.31. The van der Waals surface area contributed by atoms with Crippen molar-refractivity contribution in [3.8, 4) is 16.9 Å². The fraction of sp³-hybridized carbons (Fsp3) is 0.125. The highest BCUT2D eigenvalue weighted by atomic mass is 16.5. The van der Waals surface area contributed by atoms with Crippen LogP contribution in [0, 0.1) is 0 Å². The SMILES string of the molecule is CNc1cccc(-c2cc(COc3ccccc3Cc3nn[nH]n3)cc3ccoc23)c1. The Morgan fingerprint density at radius 2 is 1.97 bits per heavy atom. The molecule has 0 bridgehead atoms. The van der Waals surface area contributed by atoms with Crippen molar-refractivity contribution < 1.29 is 9.15 Å². The van der Waals surface area contributed by atoms with Crippen LogP contribution in [0.2, 0.25) is 0 Å². The maximum atomic E-state index is 6.20. The lowest BCUT2D eigenvalue weighted by Crippen LogP contribution is -2.00. The molecule has 5 rings (SSSR count). The predicted molar refractivity (Wildman–Crippen MR) is 119 cm³/mol. The van der Waals surface area contributed by atoms with Gasteiger partial charge in [-0.15, -0.1) is 10.2 Å². The zero-order valence-electron chi connectivity index (χ0n) is 17.0. The lowest BCUT2D eigenvalue weighted by atomic mass is 10.00. The molecule has 7 heteroatoms. The summed E-state index contributed by atoms with van der Waals surface area (Å²) in [5, 5.41) is 18.4. The van der Waals surface area contributed by atoms with Crippen molar-refractivity contribution in [2.24, 2.45) is 0 Å². The topological polar surface area (TPSA) is 88.9 Å². The number of fused-ring (bicyclic) bond motifs is 1. The Bertz CT molecular complexity index is 1310. The predicted octanol–water partition coefficient (Wildman–Crippen LogP) is 4.82. The van der Waals surface area contributed by atoms with Gasteiger partial charge in [0, 0.05) is 35.7 Å². The maximum absolute atomic E-state index is 6.20. The average Bonchev–Trinajstić information content (AvgIpc) is 3.50. The molecule has 0 fully saturated rings. The van der Waals surface area contributed by atoms with Crippen molar-refractivity contribution in [1.82, 2.24) is 20.6 Å². The number of hydrogen-bond donors (Lipinski definition) is 2. The number of H-pyrrole nitrogens is 1. The summed E-state index contributed by atoms with van der Waals surface area (Å²) in [5.74, 6) is 1.43. The molecule has 154 valence electrons. The molecule has 31 heavy (non-hydrogen) atoms. The van der Waals surface area contributed by atoms with Gasteiger partial charge in [0.2, 0.25) is 0 Å². The number of hydrogen-bond acceptors (Lipinski definition) is 6. The van der Waals surface area contributed by atoms with E-state index in [1.807, 2.05) is 49.5 Å². The minimum absolute atomic E-state index is 0.434. The summed E-state index contributed by atoms with van der Waals surface area (Å²) < 4.78 is 12.0. The van der Waals surface area contributed by atoms with E-state index in [1.165, 1.54) is 0 Å². The third-order valence-corrected chi connectivity index (χ3v) is 5.18. The number of benzene rings is 3. The second-order valence-corrected chi connectivity index (χ2v) is 7.21. The molecule has 0 spiro atoms. The van der Waals surface area contributed by atoms with Crippen molar-refractivity contribution in [2.45, 2.75) is 13.0 Å². The molecule has 0 saturated heterocycles. The number of aromatic amines is 1. The molecular formula is C24H21N5O2. The molecule has 2 heterocycles. The van der Waals surface area contributed by atoms with Crippen molar-refractivity contribution in [2.75, 3.05) is 12.4 Å². The molecule has 5 aromatic rings. The maximum Gasteiger partial charge on any atom is 0.179 e. The normalized spacial score (nSPS) is 11.0. The average molecular weight is 411 g/mol. The van der Waals surface area contributed by atoms with Gasteiger partial charge in [-0.05, 0) is 47.5 Å². The van der Waals surface area contributed by atoms with Crippen LogP contribution in [-0.4, -0.2) is 27.7 Å². The van der Waals surface area contributed by atoms with Gasteiger partial charge in [-0.1, -0.05) is 35.5 Å². The summed E-state index contributed by atoms with van der Waals surface area (Å²) in [6, 6.07) is 22.4. The van der Waals surface area contributed by atoms with Crippen LogP contribution in [0.25, 0.3) is 22.1 Å². The fourth-order valence-electron chi connectivity index (χ4n) is 3.66. The zero-order chi connectivity index (χ0) is 21.0. The minimum Gasteiger partial charge on any atom is -0.489 e. The van der Waals surface area contributed by atoms with Gasteiger partial charge in [0.1, 0.15) is 17.9 Å². The first-order valence-corrected chi connectivity index (χ1v) is 10.0. The van der Waals surface area contributed by atoms with E-state index in [0.717, 1.165) is 44.7 Å². The summed E-state index contributed by atoms with van der Waals surface area (Å²) in [5.41, 5.74) is 6.12. The molecule has 3 aromatic carbocycles. The largest absolute Gasteiger partial charge is 0.489 e. The van der Waals surface area contributed by atoms with Gasteiger partial charge in [-0.2, -0.15) is 5.21 Å². The van der Waals surface area contributed by atoms with Gasteiger partial charge < -0.3 is 14.5 Å². The number of anilines is 1. The van der Waals surface area contributed by atoms with Crippen LogP contribution in [0.4, 0.5) is 5.69 Å². The van der Waals surface area contributed by atoms with Crippen molar-refractivity contribution in [3.63, 3.8) is 0 Å². The van der Waals surface area contributed by atoms with Crippen molar-refractivity contribution >= 4 is 16.7 Å². The molecule has 0 saturated carbocycles. The monoisotopic (exact) mass is 411 g/mol. The highest BCUT2D eigenvalue weighted by Crippen LogP contribution is 2.33. The third-order valence-electron chi connectivity index (χ3n) is 5.18. The molecular weight excluding hydrogens is 390 g/mol. The number of furan rings is 1. The highest BCUT2D eigenvalue weighted by Gasteiger charge is 2.12. The van der Waals surface area contributed by atoms with Crippen LogP contribution in [-0.2, 0) is 13.0 Å². The summed E-state index contributed by atoms with van der Waals surface area (Å²) in [4.78, 5) is 0. The number of para-hydroxylation sites is 1. The Morgan fingerprint density at radius 3 is 2.84 bits per heavy atom. The molecule has 2 N–H and O–H groups in total. The van der Waals surface area contributed by atoms with E-state index >= 15 is 0 Å². The smallest absolute Gasteiger partial charge is 0.179 e. The second-order valence-electron chi connectivity index (χ2n) is 7.21. The number of tetrazole rings is 1. The van der Waals surface area contributed by atoms with Crippen LogP contribution in [0.15, 0.2) is 77.4 Å². The first-order valence-electron chi connectivity index (χ1n) is 10.0. The molecule has 0 unspecified atom stereocenters. The number of aromatic nitrogens is 4. The van der Waals surface area contributed by atoms with E-state index in [4.69, 9.17) is 9.15 Å². The van der Waals surface area contributed by atoms with Crippen LogP contribution in [0.1, 0.15) is 17.0 Å². The Balaban J connectivity index is 1.44. The Kier molecular flexibility index (Phi) is 5.06. The third kappa shape index (κ3) is 3.98. The number of rotatable bonds is 7. The van der Waals surface area contributed by atoms with Gasteiger partial charge >= 0.3 is 0 Å². The van der Waals surface area contributed by atoms with Gasteiger partial charge in [0.05, 0.1) is 6.26 Å². The summed E-state index contributed by atoms with van der Waals surface area (Å²) in [7, 11) is 1.91. The summed E-state index contributed by atoms with van der Waals surface area (Å²) >= 11 is 0. The van der Waals surface area contributed by atoms with E-state index in [-0.39, 0.29) is 0 Å².